The van der Waals surface area contributed by atoms with Crippen LogP contribution in [-0.2, 0) is 4.79 Å². The van der Waals surface area contributed by atoms with E-state index in [9.17, 15) is 4.79 Å². The smallest absolute Gasteiger partial charge is 0.328 e. The van der Waals surface area contributed by atoms with Crippen molar-refractivity contribution in [1.29, 1.82) is 0 Å². The Bertz CT molecular complexity index is 611. The highest BCUT2D eigenvalue weighted by molar-refractivity contribution is 6.35. The Kier molecular flexibility index (Phi) is 4.25. The first kappa shape index (κ1) is 13.7. The third-order valence-corrected chi connectivity index (χ3v) is 2.96. The van der Waals surface area contributed by atoms with Crippen LogP contribution in [0.3, 0.4) is 0 Å². The van der Waals surface area contributed by atoms with Crippen molar-refractivity contribution in [2.24, 2.45) is 0 Å². The van der Waals surface area contributed by atoms with E-state index in [4.69, 9.17) is 28.3 Å². The Morgan fingerprint density at radius 3 is 2.05 bits per heavy atom. The molecule has 2 nitrogen and oxygen atoms in total. The standard InChI is InChI=1S/C15H10Cl2O2/c16-13-7-12(8-14(17)9-13)11-4-1-10(2-5-11)3-6-15(18)19/h1-9H,(H,18,19). The summed E-state index contributed by atoms with van der Waals surface area (Å²) in [6.45, 7) is 0. The molecule has 0 amide bonds. The summed E-state index contributed by atoms with van der Waals surface area (Å²) in [6, 6.07) is 12.8. The topological polar surface area (TPSA) is 37.3 Å². The molecule has 0 saturated heterocycles. The highest BCUT2D eigenvalue weighted by Gasteiger charge is 2.01. The molecule has 0 aliphatic heterocycles. The second kappa shape index (κ2) is 5.91. The molecule has 0 radical (unpaired) electrons. The highest BCUT2D eigenvalue weighted by Crippen LogP contribution is 2.27. The molecule has 0 fully saturated rings. The average Bonchev–Trinajstić information content (AvgIpc) is 2.36. The molecular formula is C15H10Cl2O2. The molecule has 2 rings (SSSR count). The predicted octanol–water partition coefficient (Wildman–Crippen LogP) is 4.76. The Balaban J connectivity index is 2.29. The number of carbonyl (C=O) groups is 1. The van der Waals surface area contributed by atoms with Crippen LogP contribution < -0.4 is 0 Å². The Morgan fingerprint density at radius 2 is 1.53 bits per heavy atom. The van der Waals surface area contributed by atoms with Gasteiger partial charge in [-0.25, -0.2) is 4.79 Å². The lowest BCUT2D eigenvalue weighted by atomic mass is 10.0. The van der Waals surface area contributed by atoms with Crippen LogP contribution in [-0.4, -0.2) is 11.1 Å². The van der Waals surface area contributed by atoms with Crippen LogP contribution in [0.4, 0.5) is 0 Å². The van der Waals surface area contributed by atoms with Crippen molar-refractivity contribution in [3.8, 4) is 11.1 Å². The molecule has 2 aromatic carbocycles. The molecule has 2 aromatic rings. The fraction of sp³-hybridized carbons (Fsp3) is 0. The first-order valence-electron chi connectivity index (χ1n) is 5.52. The summed E-state index contributed by atoms with van der Waals surface area (Å²) in [5, 5.41) is 9.71. The summed E-state index contributed by atoms with van der Waals surface area (Å²) in [5.74, 6) is -0.967. The van der Waals surface area contributed by atoms with Crippen molar-refractivity contribution in [3.63, 3.8) is 0 Å². The molecule has 0 aromatic heterocycles. The molecule has 0 bridgehead atoms. The fourth-order valence-electron chi connectivity index (χ4n) is 1.67. The lowest BCUT2D eigenvalue weighted by Crippen LogP contribution is -1.85. The molecule has 4 heteroatoms. The molecule has 0 aliphatic rings. The largest absolute Gasteiger partial charge is 0.478 e. The van der Waals surface area contributed by atoms with E-state index in [0.717, 1.165) is 22.8 Å². The first-order chi connectivity index (χ1) is 9.04. The molecule has 0 unspecified atom stereocenters. The van der Waals surface area contributed by atoms with Crippen LogP contribution in [0.2, 0.25) is 10.0 Å². The van der Waals surface area contributed by atoms with Crippen molar-refractivity contribution in [1.82, 2.24) is 0 Å². The number of carboxylic acids is 1. The van der Waals surface area contributed by atoms with E-state index < -0.39 is 5.97 Å². The third-order valence-electron chi connectivity index (χ3n) is 2.52. The number of hydrogen-bond donors (Lipinski definition) is 1. The second-order valence-electron chi connectivity index (χ2n) is 3.95. The quantitative estimate of drug-likeness (QED) is 0.828. The molecule has 0 heterocycles. The summed E-state index contributed by atoms with van der Waals surface area (Å²) >= 11 is 11.9. The van der Waals surface area contributed by atoms with Crippen molar-refractivity contribution in [3.05, 3.63) is 64.1 Å². The Morgan fingerprint density at radius 1 is 0.947 bits per heavy atom. The van der Waals surface area contributed by atoms with Gasteiger partial charge in [0, 0.05) is 16.1 Å². The molecular weight excluding hydrogens is 283 g/mol. The van der Waals surface area contributed by atoms with Gasteiger partial charge in [-0.3, -0.25) is 0 Å². The lowest BCUT2D eigenvalue weighted by Gasteiger charge is -2.04. The van der Waals surface area contributed by atoms with Gasteiger partial charge in [-0.1, -0.05) is 47.5 Å². The maximum absolute atomic E-state index is 10.4. The van der Waals surface area contributed by atoms with Gasteiger partial charge in [-0.2, -0.15) is 0 Å². The van der Waals surface area contributed by atoms with Crippen LogP contribution >= 0.6 is 23.2 Å². The molecule has 0 atom stereocenters. The summed E-state index contributed by atoms with van der Waals surface area (Å²) in [4.78, 5) is 10.4. The Labute approximate surface area is 120 Å². The molecule has 96 valence electrons. The van der Waals surface area contributed by atoms with Gasteiger partial charge in [0.25, 0.3) is 0 Å². The van der Waals surface area contributed by atoms with Gasteiger partial charge in [-0.15, -0.1) is 0 Å². The van der Waals surface area contributed by atoms with Gasteiger partial charge in [0.1, 0.15) is 0 Å². The van der Waals surface area contributed by atoms with Crippen LogP contribution in [0.15, 0.2) is 48.5 Å². The van der Waals surface area contributed by atoms with Crippen molar-refractivity contribution in [2.75, 3.05) is 0 Å². The van der Waals surface area contributed by atoms with Crippen molar-refractivity contribution < 1.29 is 9.90 Å². The monoisotopic (exact) mass is 292 g/mol. The van der Waals surface area contributed by atoms with E-state index >= 15 is 0 Å². The van der Waals surface area contributed by atoms with Gasteiger partial charge in [0.05, 0.1) is 0 Å². The van der Waals surface area contributed by atoms with Crippen molar-refractivity contribution >= 4 is 35.2 Å². The fourth-order valence-corrected chi connectivity index (χ4v) is 2.20. The van der Waals surface area contributed by atoms with E-state index in [2.05, 4.69) is 0 Å². The zero-order chi connectivity index (χ0) is 13.8. The number of rotatable bonds is 3. The molecule has 1 N–H and O–H groups in total. The minimum Gasteiger partial charge on any atom is -0.478 e. The number of benzene rings is 2. The number of hydrogen-bond acceptors (Lipinski definition) is 1. The number of halogens is 2. The van der Waals surface area contributed by atoms with Gasteiger partial charge >= 0.3 is 5.97 Å². The summed E-state index contributed by atoms with van der Waals surface area (Å²) in [6.07, 6.45) is 2.64. The molecule has 0 aliphatic carbocycles. The van der Waals surface area contributed by atoms with E-state index in [1.54, 1.807) is 6.07 Å². The molecule has 0 spiro atoms. The molecule has 19 heavy (non-hydrogen) atoms. The van der Waals surface area contributed by atoms with Gasteiger partial charge in [-0.05, 0) is 41.0 Å². The third kappa shape index (κ3) is 3.85. The first-order valence-corrected chi connectivity index (χ1v) is 6.28. The van der Waals surface area contributed by atoms with Crippen LogP contribution in [0, 0.1) is 0 Å². The van der Waals surface area contributed by atoms with Crippen LogP contribution in [0.1, 0.15) is 5.56 Å². The zero-order valence-electron chi connectivity index (χ0n) is 9.81. The Hall–Kier alpha value is -1.77. The highest BCUT2D eigenvalue weighted by atomic mass is 35.5. The zero-order valence-corrected chi connectivity index (χ0v) is 11.3. The minimum absolute atomic E-state index is 0.581. The van der Waals surface area contributed by atoms with Gasteiger partial charge < -0.3 is 5.11 Å². The summed E-state index contributed by atoms with van der Waals surface area (Å²) in [5.41, 5.74) is 2.71. The number of carboxylic acid groups (broad SMARTS) is 1. The van der Waals surface area contributed by atoms with Crippen LogP contribution in [0.25, 0.3) is 17.2 Å². The molecule has 0 saturated carbocycles. The van der Waals surface area contributed by atoms with E-state index in [1.165, 1.54) is 6.08 Å². The SMILES string of the molecule is O=C(O)C=Cc1ccc(-c2cc(Cl)cc(Cl)c2)cc1. The predicted molar refractivity (Wildman–Crippen MR) is 78.6 cm³/mol. The maximum Gasteiger partial charge on any atom is 0.328 e. The van der Waals surface area contributed by atoms with Crippen molar-refractivity contribution in [2.45, 2.75) is 0 Å². The van der Waals surface area contributed by atoms with Crippen LogP contribution in [0.5, 0.6) is 0 Å². The second-order valence-corrected chi connectivity index (χ2v) is 4.82. The number of aliphatic carboxylic acids is 1. The van der Waals surface area contributed by atoms with E-state index in [-0.39, 0.29) is 0 Å². The summed E-state index contributed by atoms with van der Waals surface area (Å²) in [7, 11) is 0. The van der Waals surface area contributed by atoms with E-state index in [0.29, 0.717) is 10.0 Å². The minimum atomic E-state index is -0.967. The maximum atomic E-state index is 10.4. The average molecular weight is 293 g/mol. The van der Waals surface area contributed by atoms with Gasteiger partial charge in [0.2, 0.25) is 0 Å². The van der Waals surface area contributed by atoms with E-state index in [1.807, 2.05) is 36.4 Å². The summed E-state index contributed by atoms with van der Waals surface area (Å²) < 4.78 is 0. The lowest BCUT2D eigenvalue weighted by molar-refractivity contribution is -0.131. The normalized spacial score (nSPS) is 10.8. The van der Waals surface area contributed by atoms with Gasteiger partial charge in [0.15, 0.2) is 0 Å².